The van der Waals surface area contributed by atoms with Gasteiger partial charge in [-0.1, -0.05) is 71.4 Å². The van der Waals surface area contributed by atoms with E-state index < -0.39 is 24.4 Å². The standard InChI is InChI=1S/C28H41N2O7P/c1-6-7-8-9-10-11-12-16-35-27(31)24-20(2)29-21(3)26(38(34)36-18-28(4,5)19-37-38)25(24)22-14-13-15-23(17-22)30(32)33/h13-15,17,25,29H,6-12,16,18-19H2,1-5H3. The summed E-state index contributed by atoms with van der Waals surface area (Å²) in [5.41, 5.74) is 1.32. The average molecular weight is 549 g/mol. The molecule has 0 radical (unpaired) electrons. The molecule has 2 heterocycles. The highest BCUT2D eigenvalue weighted by molar-refractivity contribution is 7.58. The molecule has 0 spiro atoms. The molecule has 10 heteroatoms. The van der Waals surface area contributed by atoms with Crippen molar-refractivity contribution in [3.63, 3.8) is 0 Å². The molecule has 0 saturated carbocycles. The predicted molar refractivity (Wildman–Crippen MR) is 147 cm³/mol. The molecular formula is C28H41N2O7P. The second-order valence-corrected chi connectivity index (χ2v) is 12.9. The number of non-ortho nitro benzene ring substituents is 1. The Bertz CT molecular complexity index is 1130. The third-order valence-electron chi connectivity index (χ3n) is 6.89. The summed E-state index contributed by atoms with van der Waals surface area (Å²) < 4.78 is 31.5. The van der Waals surface area contributed by atoms with E-state index in [-0.39, 0.29) is 41.8 Å². The van der Waals surface area contributed by atoms with Crippen LogP contribution in [0.1, 0.15) is 91.0 Å². The van der Waals surface area contributed by atoms with Crippen LogP contribution in [0.3, 0.4) is 0 Å². The van der Waals surface area contributed by atoms with Crippen molar-refractivity contribution in [2.75, 3.05) is 19.8 Å². The Morgan fingerprint density at radius 2 is 1.74 bits per heavy atom. The van der Waals surface area contributed by atoms with Gasteiger partial charge in [-0.3, -0.25) is 14.7 Å². The van der Waals surface area contributed by atoms with E-state index in [0.29, 0.717) is 17.0 Å². The number of esters is 1. The molecule has 0 amide bonds. The molecule has 2 aliphatic rings. The SMILES string of the molecule is CCCCCCCCCOC(=O)C1=C(C)NC(C)=C(P2(=O)OCC(C)(C)CO2)C1c1cccc([N+](=O)[O-])c1. The van der Waals surface area contributed by atoms with Crippen LogP contribution in [0.2, 0.25) is 0 Å². The molecule has 1 fully saturated rings. The number of nitro benzene ring substituents is 1. The molecular weight excluding hydrogens is 507 g/mol. The van der Waals surface area contributed by atoms with Gasteiger partial charge in [-0.15, -0.1) is 0 Å². The van der Waals surface area contributed by atoms with Gasteiger partial charge in [-0.2, -0.15) is 0 Å². The molecule has 1 aromatic carbocycles. The van der Waals surface area contributed by atoms with E-state index in [2.05, 4.69) is 12.2 Å². The summed E-state index contributed by atoms with van der Waals surface area (Å²) in [6.45, 7) is 10.3. The smallest absolute Gasteiger partial charge is 0.360 e. The normalized spacial score (nSPS) is 20.7. The number of ether oxygens (including phenoxy) is 1. The van der Waals surface area contributed by atoms with Crippen LogP contribution in [0.25, 0.3) is 0 Å². The number of carbonyl (C=O) groups is 1. The summed E-state index contributed by atoms with van der Waals surface area (Å²) in [6.07, 6.45) is 7.64. The van der Waals surface area contributed by atoms with Crippen LogP contribution in [0, 0.1) is 15.5 Å². The Balaban J connectivity index is 1.90. The zero-order chi connectivity index (χ0) is 27.9. The van der Waals surface area contributed by atoms with Crippen LogP contribution in [0.4, 0.5) is 5.69 Å². The first-order chi connectivity index (χ1) is 18.0. The Labute approximate surface area is 225 Å². The third kappa shape index (κ3) is 7.33. The lowest BCUT2D eigenvalue weighted by Gasteiger charge is -2.39. The van der Waals surface area contributed by atoms with Crippen LogP contribution < -0.4 is 5.32 Å². The fourth-order valence-corrected chi connectivity index (χ4v) is 7.25. The summed E-state index contributed by atoms with van der Waals surface area (Å²) >= 11 is 0. The number of nitrogens with zero attached hydrogens (tertiary/aromatic N) is 1. The summed E-state index contributed by atoms with van der Waals surface area (Å²) in [4.78, 5) is 24.5. The molecule has 9 nitrogen and oxygen atoms in total. The fraction of sp³-hybridized carbons (Fsp3) is 0.607. The molecule has 1 N–H and O–H groups in total. The minimum absolute atomic E-state index is 0.128. The minimum Gasteiger partial charge on any atom is -0.462 e. The van der Waals surface area contributed by atoms with Gasteiger partial charge >= 0.3 is 13.6 Å². The van der Waals surface area contributed by atoms with E-state index in [9.17, 15) is 19.5 Å². The van der Waals surface area contributed by atoms with Crippen molar-refractivity contribution >= 4 is 19.3 Å². The van der Waals surface area contributed by atoms with Crippen molar-refractivity contribution in [1.82, 2.24) is 5.32 Å². The van der Waals surface area contributed by atoms with Crippen LogP contribution in [0.5, 0.6) is 0 Å². The number of allylic oxidation sites excluding steroid dienone is 3. The average Bonchev–Trinajstić information content (AvgIpc) is 2.87. The lowest BCUT2D eigenvalue weighted by molar-refractivity contribution is -0.384. The summed E-state index contributed by atoms with van der Waals surface area (Å²) in [7, 11) is -3.83. The maximum Gasteiger partial charge on any atom is 0.360 e. The molecule has 1 saturated heterocycles. The number of rotatable bonds is 12. The van der Waals surface area contributed by atoms with Gasteiger partial charge in [0.2, 0.25) is 0 Å². The number of nitro groups is 1. The summed E-state index contributed by atoms with van der Waals surface area (Å²) in [5.74, 6) is -1.43. The Morgan fingerprint density at radius 1 is 1.11 bits per heavy atom. The zero-order valence-electron chi connectivity index (χ0n) is 23.2. The van der Waals surface area contributed by atoms with E-state index in [1.165, 1.54) is 37.8 Å². The number of nitrogens with one attached hydrogen (secondary N) is 1. The quantitative estimate of drug-likeness (QED) is 0.0947. The number of carbonyl (C=O) groups excluding carboxylic acids is 1. The number of hydrogen-bond acceptors (Lipinski definition) is 8. The van der Waals surface area contributed by atoms with Crippen molar-refractivity contribution < 1.29 is 28.1 Å². The lowest BCUT2D eigenvalue weighted by Crippen LogP contribution is -2.34. The minimum atomic E-state index is -3.83. The van der Waals surface area contributed by atoms with Gasteiger partial charge < -0.3 is 19.1 Å². The van der Waals surface area contributed by atoms with E-state index in [1.54, 1.807) is 26.0 Å². The highest BCUT2D eigenvalue weighted by Gasteiger charge is 2.48. The predicted octanol–water partition coefficient (Wildman–Crippen LogP) is 7.35. The van der Waals surface area contributed by atoms with Gasteiger partial charge in [0, 0.05) is 28.9 Å². The molecule has 0 aliphatic carbocycles. The van der Waals surface area contributed by atoms with Gasteiger partial charge in [0.1, 0.15) is 0 Å². The van der Waals surface area contributed by atoms with Crippen molar-refractivity contribution in [3.05, 3.63) is 62.2 Å². The highest BCUT2D eigenvalue weighted by atomic mass is 31.2. The van der Waals surface area contributed by atoms with Crippen LogP contribution in [-0.2, 0) is 23.1 Å². The molecule has 210 valence electrons. The molecule has 1 aromatic rings. The van der Waals surface area contributed by atoms with Crippen molar-refractivity contribution in [3.8, 4) is 0 Å². The van der Waals surface area contributed by atoms with Crippen molar-refractivity contribution in [1.29, 1.82) is 0 Å². The number of benzene rings is 1. The van der Waals surface area contributed by atoms with Gasteiger partial charge in [0.15, 0.2) is 0 Å². The zero-order valence-corrected chi connectivity index (χ0v) is 24.1. The van der Waals surface area contributed by atoms with Gasteiger partial charge in [0.25, 0.3) is 5.69 Å². The molecule has 1 atom stereocenters. The summed E-state index contributed by atoms with van der Waals surface area (Å²) in [6, 6.07) is 6.03. The molecule has 0 bridgehead atoms. The van der Waals surface area contributed by atoms with E-state index in [4.69, 9.17) is 13.8 Å². The topological polar surface area (TPSA) is 117 Å². The van der Waals surface area contributed by atoms with E-state index >= 15 is 0 Å². The number of dihydropyridines is 1. The largest absolute Gasteiger partial charge is 0.462 e. The first-order valence-electron chi connectivity index (χ1n) is 13.5. The summed E-state index contributed by atoms with van der Waals surface area (Å²) in [5, 5.41) is 15.0. The first kappa shape index (κ1) is 30.1. The number of unbranched alkanes of at least 4 members (excludes halogenated alkanes) is 6. The van der Waals surface area contributed by atoms with E-state index in [1.807, 2.05) is 13.8 Å². The maximum atomic E-state index is 14.1. The van der Waals surface area contributed by atoms with Crippen LogP contribution >= 0.6 is 7.60 Å². The molecule has 38 heavy (non-hydrogen) atoms. The second kappa shape index (κ2) is 13.0. The van der Waals surface area contributed by atoms with Gasteiger partial charge in [0.05, 0.1) is 41.5 Å². The monoisotopic (exact) mass is 548 g/mol. The Hall–Kier alpha value is -2.48. The molecule has 2 aliphatic heterocycles. The van der Waals surface area contributed by atoms with Gasteiger partial charge in [-0.25, -0.2) is 4.79 Å². The van der Waals surface area contributed by atoms with Crippen molar-refractivity contribution in [2.45, 2.75) is 85.5 Å². The Morgan fingerprint density at radius 3 is 2.37 bits per heavy atom. The van der Waals surface area contributed by atoms with Crippen LogP contribution in [0.15, 0.2) is 46.5 Å². The molecule has 1 unspecified atom stereocenters. The lowest BCUT2D eigenvalue weighted by atomic mass is 9.86. The molecule has 0 aromatic heterocycles. The first-order valence-corrected chi connectivity index (χ1v) is 15.0. The Kier molecular flexibility index (Phi) is 10.3. The van der Waals surface area contributed by atoms with Crippen LogP contribution in [-0.4, -0.2) is 30.7 Å². The fourth-order valence-electron chi connectivity index (χ4n) is 4.80. The third-order valence-corrected chi connectivity index (χ3v) is 9.01. The maximum absolute atomic E-state index is 14.1. The highest BCUT2D eigenvalue weighted by Crippen LogP contribution is 2.66. The molecule has 3 rings (SSSR count). The second-order valence-electron chi connectivity index (χ2n) is 10.9. The number of hydrogen-bond donors (Lipinski definition) is 1. The van der Waals surface area contributed by atoms with Crippen molar-refractivity contribution in [2.24, 2.45) is 5.41 Å². The van der Waals surface area contributed by atoms with E-state index in [0.717, 1.165) is 19.3 Å². The van der Waals surface area contributed by atoms with Gasteiger partial charge in [-0.05, 0) is 25.8 Å².